The van der Waals surface area contributed by atoms with E-state index in [1.165, 1.54) is 5.56 Å². The Morgan fingerprint density at radius 1 is 1.19 bits per heavy atom. The highest BCUT2D eigenvalue weighted by molar-refractivity contribution is 9.10. The zero-order valence-electron chi connectivity index (χ0n) is 11.2. The molecule has 0 unspecified atom stereocenters. The molecule has 108 valence electrons. The number of anilines is 2. The van der Waals surface area contributed by atoms with Crippen LogP contribution in [0.5, 0.6) is 0 Å². The van der Waals surface area contributed by atoms with E-state index in [2.05, 4.69) is 32.6 Å². The molecule has 3 nitrogen and oxygen atoms in total. The van der Waals surface area contributed by atoms with Crippen molar-refractivity contribution in [1.29, 1.82) is 0 Å². The molecule has 0 bridgehead atoms. The first-order valence-corrected chi connectivity index (χ1v) is 7.89. The van der Waals surface area contributed by atoms with E-state index in [0.29, 0.717) is 18.0 Å². The maximum absolute atomic E-state index is 11.3. The van der Waals surface area contributed by atoms with Gasteiger partial charge in [-0.1, -0.05) is 17.7 Å². The summed E-state index contributed by atoms with van der Waals surface area (Å²) in [4.78, 5) is 11.3. The molecule has 0 spiro atoms. The van der Waals surface area contributed by atoms with E-state index in [1.807, 2.05) is 30.3 Å². The van der Waals surface area contributed by atoms with Crippen molar-refractivity contribution in [3.63, 3.8) is 0 Å². The predicted octanol–water partition coefficient (Wildman–Crippen LogP) is 4.60. The number of hydrogen-bond donors (Lipinski definition) is 2. The summed E-state index contributed by atoms with van der Waals surface area (Å²) in [6.45, 7) is 0.706. The Morgan fingerprint density at radius 2 is 2.05 bits per heavy atom. The van der Waals surface area contributed by atoms with Gasteiger partial charge < -0.3 is 10.6 Å². The Bertz CT molecular complexity index is 703. The zero-order valence-corrected chi connectivity index (χ0v) is 13.6. The fourth-order valence-electron chi connectivity index (χ4n) is 2.35. The second-order valence-corrected chi connectivity index (χ2v) is 6.28. The lowest BCUT2D eigenvalue weighted by atomic mass is 10.0. The largest absolute Gasteiger partial charge is 0.381 e. The first-order valence-electron chi connectivity index (χ1n) is 6.72. The van der Waals surface area contributed by atoms with Crippen molar-refractivity contribution in [3.8, 4) is 0 Å². The Hall–Kier alpha value is -1.52. The third-order valence-electron chi connectivity index (χ3n) is 3.48. The minimum Gasteiger partial charge on any atom is -0.381 e. The monoisotopic (exact) mass is 364 g/mol. The molecule has 0 aromatic heterocycles. The molecule has 2 aromatic rings. The van der Waals surface area contributed by atoms with Gasteiger partial charge >= 0.3 is 0 Å². The van der Waals surface area contributed by atoms with Crippen molar-refractivity contribution in [2.24, 2.45) is 0 Å². The van der Waals surface area contributed by atoms with Gasteiger partial charge in [-0.2, -0.15) is 0 Å². The summed E-state index contributed by atoms with van der Waals surface area (Å²) in [7, 11) is 0. The van der Waals surface area contributed by atoms with Crippen LogP contribution in [0, 0.1) is 0 Å². The van der Waals surface area contributed by atoms with Crippen molar-refractivity contribution in [2.75, 3.05) is 10.6 Å². The van der Waals surface area contributed by atoms with Gasteiger partial charge in [0.25, 0.3) is 0 Å². The van der Waals surface area contributed by atoms with E-state index in [4.69, 9.17) is 11.6 Å². The summed E-state index contributed by atoms with van der Waals surface area (Å²) in [5.74, 6) is 0.0905. The van der Waals surface area contributed by atoms with Crippen LogP contribution in [0.1, 0.15) is 17.5 Å². The number of aryl methyl sites for hydroxylation is 1. The average Bonchev–Trinajstić information content (AvgIpc) is 2.48. The van der Waals surface area contributed by atoms with Gasteiger partial charge in [0, 0.05) is 28.8 Å². The second-order valence-electron chi connectivity index (χ2n) is 5.02. The fourth-order valence-corrected chi connectivity index (χ4v) is 2.80. The zero-order chi connectivity index (χ0) is 14.8. The van der Waals surface area contributed by atoms with E-state index in [9.17, 15) is 4.79 Å². The van der Waals surface area contributed by atoms with Gasteiger partial charge in [0.2, 0.25) is 5.91 Å². The van der Waals surface area contributed by atoms with Crippen LogP contribution >= 0.6 is 27.5 Å². The topological polar surface area (TPSA) is 41.1 Å². The van der Waals surface area contributed by atoms with E-state index in [1.54, 1.807) is 0 Å². The van der Waals surface area contributed by atoms with Gasteiger partial charge in [0.05, 0.1) is 5.02 Å². The molecule has 1 amide bonds. The van der Waals surface area contributed by atoms with Gasteiger partial charge in [0.15, 0.2) is 0 Å². The van der Waals surface area contributed by atoms with E-state index >= 15 is 0 Å². The van der Waals surface area contributed by atoms with Gasteiger partial charge in [0.1, 0.15) is 0 Å². The van der Waals surface area contributed by atoms with Gasteiger partial charge in [-0.05, 0) is 63.8 Å². The summed E-state index contributed by atoms with van der Waals surface area (Å²) in [6.07, 6.45) is 1.35. The summed E-state index contributed by atoms with van der Waals surface area (Å²) < 4.78 is 0.900. The van der Waals surface area contributed by atoms with Gasteiger partial charge in [-0.25, -0.2) is 0 Å². The van der Waals surface area contributed by atoms with Crippen LogP contribution < -0.4 is 10.6 Å². The summed E-state index contributed by atoms with van der Waals surface area (Å²) >= 11 is 9.47. The maximum Gasteiger partial charge on any atom is 0.224 e. The smallest absolute Gasteiger partial charge is 0.224 e. The van der Waals surface area contributed by atoms with E-state index in [0.717, 1.165) is 27.8 Å². The lowest BCUT2D eigenvalue weighted by Gasteiger charge is -2.18. The standard InChI is InChI=1S/C16H14BrClN2O/c17-13-4-1-10(7-14(13)18)9-19-12-3-5-15-11(8-12)2-6-16(21)20-15/h1,3-5,7-8,19H,2,6,9H2,(H,20,21). The Kier molecular flexibility index (Phi) is 4.17. The van der Waals surface area contributed by atoms with Crippen LogP contribution in [-0.4, -0.2) is 5.91 Å². The van der Waals surface area contributed by atoms with Crippen LogP contribution in [0.3, 0.4) is 0 Å². The number of benzene rings is 2. The van der Waals surface area contributed by atoms with Crippen molar-refractivity contribution in [3.05, 3.63) is 57.0 Å². The quantitative estimate of drug-likeness (QED) is 0.834. The molecule has 0 saturated carbocycles. The Morgan fingerprint density at radius 3 is 2.86 bits per heavy atom. The fraction of sp³-hybridized carbons (Fsp3) is 0.188. The van der Waals surface area contributed by atoms with E-state index in [-0.39, 0.29) is 5.91 Å². The van der Waals surface area contributed by atoms with Gasteiger partial charge in [-0.3, -0.25) is 4.79 Å². The Labute approximate surface area is 136 Å². The molecule has 2 N–H and O–H groups in total. The molecular weight excluding hydrogens is 352 g/mol. The van der Waals surface area contributed by atoms with Crippen LogP contribution in [0.4, 0.5) is 11.4 Å². The number of hydrogen-bond acceptors (Lipinski definition) is 2. The SMILES string of the molecule is O=C1CCc2cc(NCc3ccc(Br)c(Cl)c3)ccc2N1. The summed E-state index contributed by atoms with van der Waals surface area (Å²) in [5.41, 5.74) is 4.26. The van der Waals surface area contributed by atoms with Crippen molar-refractivity contribution >= 4 is 44.8 Å². The molecule has 21 heavy (non-hydrogen) atoms. The molecule has 2 aromatic carbocycles. The third-order valence-corrected chi connectivity index (χ3v) is 4.71. The maximum atomic E-state index is 11.3. The molecule has 1 aliphatic rings. The van der Waals surface area contributed by atoms with Crippen LogP contribution in [0.15, 0.2) is 40.9 Å². The number of halogens is 2. The number of rotatable bonds is 3. The van der Waals surface area contributed by atoms with Crippen molar-refractivity contribution < 1.29 is 4.79 Å². The van der Waals surface area contributed by atoms with Gasteiger partial charge in [-0.15, -0.1) is 0 Å². The molecular formula is C16H14BrClN2O. The average molecular weight is 366 g/mol. The highest BCUT2D eigenvalue weighted by atomic mass is 79.9. The molecule has 0 radical (unpaired) electrons. The second kappa shape index (κ2) is 6.08. The number of amides is 1. The highest BCUT2D eigenvalue weighted by Gasteiger charge is 2.14. The molecule has 5 heteroatoms. The molecule has 1 aliphatic heterocycles. The van der Waals surface area contributed by atoms with Crippen LogP contribution in [0.25, 0.3) is 0 Å². The minimum absolute atomic E-state index is 0.0905. The third kappa shape index (κ3) is 3.39. The molecule has 1 heterocycles. The molecule has 3 rings (SSSR count). The number of carbonyl (C=O) groups is 1. The first-order chi connectivity index (χ1) is 10.1. The lowest BCUT2D eigenvalue weighted by molar-refractivity contribution is -0.116. The molecule has 0 fully saturated rings. The summed E-state index contributed by atoms with van der Waals surface area (Å²) in [6, 6.07) is 11.9. The number of fused-ring (bicyclic) bond motifs is 1. The first kappa shape index (κ1) is 14.4. The van der Waals surface area contributed by atoms with Crippen LogP contribution in [0.2, 0.25) is 5.02 Å². The lowest BCUT2D eigenvalue weighted by Crippen LogP contribution is -2.18. The Balaban J connectivity index is 1.71. The van der Waals surface area contributed by atoms with Crippen molar-refractivity contribution in [2.45, 2.75) is 19.4 Å². The summed E-state index contributed by atoms with van der Waals surface area (Å²) in [5, 5.41) is 6.98. The van der Waals surface area contributed by atoms with Crippen molar-refractivity contribution in [1.82, 2.24) is 0 Å². The number of nitrogens with one attached hydrogen (secondary N) is 2. The predicted molar refractivity (Wildman–Crippen MR) is 89.9 cm³/mol. The van der Waals surface area contributed by atoms with E-state index < -0.39 is 0 Å². The minimum atomic E-state index is 0.0905. The molecule has 0 saturated heterocycles. The molecule has 0 atom stereocenters. The molecule has 0 aliphatic carbocycles. The van der Waals surface area contributed by atoms with Crippen LogP contribution in [-0.2, 0) is 17.8 Å². The highest BCUT2D eigenvalue weighted by Crippen LogP contribution is 2.27. The number of carbonyl (C=O) groups excluding carboxylic acids is 1. The normalized spacial score (nSPS) is 13.5.